The van der Waals surface area contributed by atoms with Gasteiger partial charge < -0.3 is 10.2 Å². The second kappa shape index (κ2) is 8.25. The fourth-order valence-electron chi connectivity index (χ4n) is 2.99. The number of nitrogens with zero attached hydrogens (tertiary/aromatic N) is 1. The molecule has 0 radical (unpaired) electrons. The van der Waals surface area contributed by atoms with Gasteiger partial charge in [0.05, 0.1) is 0 Å². The van der Waals surface area contributed by atoms with E-state index in [1.54, 1.807) is 11.3 Å². The molecule has 0 bridgehead atoms. The van der Waals surface area contributed by atoms with E-state index >= 15 is 0 Å². The smallest absolute Gasteiger partial charge is 0.251 e. The number of amides is 2. The molecule has 25 heavy (non-hydrogen) atoms. The number of benzene rings is 1. The number of rotatable bonds is 5. The Bertz CT molecular complexity index is 708. The number of carbonyl (C=O) groups excluding carboxylic acids is 2. The molecule has 0 spiro atoms. The molecule has 0 saturated carbocycles. The van der Waals surface area contributed by atoms with Crippen LogP contribution in [0.3, 0.4) is 0 Å². The normalized spacial score (nSPS) is 15.2. The molecule has 1 N–H and O–H groups in total. The fourth-order valence-corrected chi connectivity index (χ4v) is 3.69. The average Bonchev–Trinajstić information content (AvgIpc) is 3.14. The summed E-state index contributed by atoms with van der Waals surface area (Å²) in [5, 5.41) is 7.07. The minimum Gasteiger partial charge on any atom is -0.349 e. The third kappa shape index (κ3) is 4.89. The molecule has 1 fully saturated rings. The summed E-state index contributed by atoms with van der Waals surface area (Å²) in [5.41, 5.74) is 1.66. The summed E-state index contributed by atoms with van der Waals surface area (Å²) >= 11 is 1.65. The van der Waals surface area contributed by atoms with E-state index in [9.17, 15) is 14.0 Å². The Morgan fingerprint density at radius 1 is 1.16 bits per heavy atom. The molecule has 0 atom stereocenters. The van der Waals surface area contributed by atoms with Crippen molar-refractivity contribution in [1.82, 2.24) is 10.2 Å². The first-order valence-electron chi connectivity index (χ1n) is 8.47. The topological polar surface area (TPSA) is 49.4 Å². The molecule has 2 amide bonds. The maximum Gasteiger partial charge on any atom is 0.251 e. The van der Waals surface area contributed by atoms with E-state index in [4.69, 9.17) is 0 Å². The first-order valence-corrected chi connectivity index (χ1v) is 9.41. The Morgan fingerprint density at radius 3 is 2.52 bits per heavy atom. The molecule has 0 unspecified atom stereocenters. The zero-order chi connectivity index (χ0) is 17.6. The highest BCUT2D eigenvalue weighted by molar-refractivity contribution is 7.07. The van der Waals surface area contributed by atoms with Gasteiger partial charge in [-0.25, -0.2) is 4.39 Å². The van der Waals surface area contributed by atoms with Crippen molar-refractivity contribution in [2.45, 2.75) is 31.7 Å². The van der Waals surface area contributed by atoms with Crippen molar-refractivity contribution >= 4 is 23.2 Å². The number of likely N-dealkylation sites (tertiary alicyclic amines) is 1. The van der Waals surface area contributed by atoms with Crippen molar-refractivity contribution in [3.63, 3.8) is 0 Å². The second-order valence-electron chi connectivity index (χ2n) is 6.27. The van der Waals surface area contributed by atoms with Gasteiger partial charge in [0.1, 0.15) is 5.82 Å². The lowest BCUT2D eigenvalue weighted by Gasteiger charge is -2.32. The number of nitrogens with one attached hydrogen (secondary N) is 1. The molecule has 3 rings (SSSR count). The van der Waals surface area contributed by atoms with E-state index in [1.807, 2.05) is 10.3 Å². The Labute approximate surface area is 150 Å². The monoisotopic (exact) mass is 360 g/mol. The van der Waals surface area contributed by atoms with Gasteiger partial charge in [-0.15, -0.1) is 0 Å². The van der Waals surface area contributed by atoms with Crippen LogP contribution in [0, 0.1) is 5.82 Å². The van der Waals surface area contributed by atoms with Gasteiger partial charge in [-0.05, 0) is 65.9 Å². The number of hydrogen-bond donors (Lipinski definition) is 1. The standard InChI is InChI=1S/C19H21FN2O2S/c20-16-4-2-15(3-5-16)19(24)21-17-7-10-22(11-8-17)18(23)6-1-14-9-12-25-13-14/h2-5,9,12-13,17H,1,6-8,10-11H2,(H,21,24). The number of hydrogen-bond acceptors (Lipinski definition) is 3. The Hall–Kier alpha value is -2.21. The van der Waals surface area contributed by atoms with Crippen LogP contribution in [-0.4, -0.2) is 35.8 Å². The van der Waals surface area contributed by atoms with Crippen LogP contribution < -0.4 is 5.32 Å². The zero-order valence-electron chi connectivity index (χ0n) is 13.9. The fraction of sp³-hybridized carbons (Fsp3) is 0.368. The summed E-state index contributed by atoms with van der Waals surface area (Å²) < 4.78 is 12.9. The SMILES string of the molecule is O=C(NC1CCN(C(=O)CCc2ccsc2)CC1)c1ccc(F)cc1. The minimum absolute atomic E-state index is 0.0541. The zero-order valence-corrected chi connectivity index (χ0v) is 14.7. The minimum atomic E-state index is -0.356. The molecule has 1 aliphatic rings. The lowest BCUT2D eigenvalue weighted by atomic mass is 10.0. The van der Waals surface area contributed by atoms with E-state index in [0.717, 1.165) is 19.3 Å². The highest BCUT2D eigenvalue weighted by Crippen LogP contribution is 2.15. The molecule has 1 aromatic carbocycles. The van der Waals surface area contributed by atoms with E-state index < -0.39 is 0 Å². The first kappa shape index (κ1) is 17.6. The summed E-state index contributed by atoms with van der Waals surface area (Å²) in [7, 11) is 0. The summed E-state index contributed by atoms with van der Waals surface area (Å²) in [5.74, 6) is -0.373. The number of piperidine rings is 1. The third-order valence-electron chi connectivity index (χ3n) is 4.50. The number of thiophene rings is 1. The van der Waals surface area contributed by atoms with Gasteiger partial charge in [0, 0.05) is 31.1 Å². The number of aryl methyl sites for hydroxylation is 1. The maximum absolute atomic E-state index is 12.9. The number of halogens is 1. The Kier molecular flexibility index (Phi) is 5.81. The molecule has 1 aromatic heterocycles. The molecular weight excluding hydrogens is 339 g/mol. The van der Waals surface area contributed by atoms with Crippen molar-refractivity contribution in [3.05, 3.63) is 58.0 Å². The highest BCUT2D eigenvalue weighted by atomic mass is 32.1. The van der Waals surface area contributed by atoms with Gasteiger partial charge in [-0.1, -0.05) is 0 Å². The van der Waals surface area contributed by atoms with Crippen LogP contribution in [0.25, 0.3) is 0 Å². The maximum atomic E-state index is 12.9. The molecule has 1 aliphatic heterocycles. The summed E-state index contributed by atoms with van der Waals surface area (Å²) in [6.45, 7) is 1.33. The van der Waals surface area contributed by atoms with Crippen LogP contribution in [0.2, 0.25) is 0 Å². The molecule has 6 heteroatoms. The average molecular weight is 360 g/mol. The number of carbonyl (C=O) groups is 2. The molecule has 132 valence electrons. The van der Waals surface area contributed by atoms with E-state index in [-0.39, 0.29) is 23.7 Å². The van der Waals surface area contributed by atoms with Crippen LogP contribution >= 0.6 is 11.3 Å². The van der Waals surface area contributed by atoms with Crippen molar-refractivity contribution < 1.29 is 14.0 Å². The van der Waals surface area contributed by atoms with Crippen molar-refractivity contribution in [2.75, 3.05) is 13.1 Å². The summed E-state index contributed by atoms with van der Waals surface area (Å²) in [6, 6.07) is 7.63. The Balaban J connectivity index is 1.42. The van der Waals surface area contributed by atoms with Gasteiger partial charge in [0.2, 0.25) is 5.91 Å². The molecule has 4 nitrogen and oxygen atoms in total. The first-order chi connectivity index (χ1) is 12.1. The van der Waals surface area contributed by atoms with Gasteiger partial charge in [-0.3, -0.25) is 9.59 Å². The van der Waals surface area contributed by atoms with Gasteiger partial charge >= 0.3 is 0 Å². The van der Waals surface area contributed by atoms with Crippen LogP contribution in [0.15, 0.2) is 41.1 Å². The largest absolute Gasteiger partial charge is 0.349 e. The van der Waals surface area contributed by atoms with E-state index in [2.05, 4.69) is 16.8 Å². The van der Waals surface area contributed by atoms with Crippen LogP contribution in [-0.2, 0) is 11.2 Å². The Morgan fingerprint density at radius 2 is 1.88 bits per heavy atom. The van der Waals surface area contributed by atoms with Gasteiger partial charge in [0.15, 0.2) is 0 Å². The summed E-state index contributed by atoms with van der Waals surface area (Å²) in [4.78, 5) is 26.3. The van der Waals surface area contributed by atoms with Crippen molar-refractivity contribution in [1.29, 1.82) is 0 Å². The highest BCUT2D eigenvalue weighted by Gasteiger charge is 2.24. The third-order valence-corrected chi connectivity index (χ3v) is 5.23. The lowest BCUT2D eigenvalue weighted by Crippen LogP contribution is -2.46. The quantitative estimate of drug-likeness (QED) is 0.890. The molecule has 2 aromatic rings. The predicted octanol–water partition coefficient (Wildman–Crippen LogP) is 3.24. The molecule has 2 heterocycles. The second-order valence-corrected chi connectivity index (χ2v) is 7.05. The lowest BCUT2D eigenvalue weighted by molar-refractivity contribution is -0.132. The molecular formula is C19H21FN2O2S. The van der Waals surface area contributed by atoms with E-state index in [1.165, 1.54) is 29.8 Å². The van der Waals surface area contributed by atoms with E-state index in [0.29, 0.717) is 25.1 Å². The predicted molar refractivity (Wildman–Crippen MR) is 96.1 cm³/mol. The van der Waals surface area contributed by atoms with Crippen LogP contribution in [0.5, 0.6) is 0 Å². The van der Waals surface area contributed by atoms with Gasteiger partial charge in [0.25, 0.3) is 5.91 Å². The van der Waals surface area contributed by atoms with Crippen LogP contribution in [0.4, 0.5) is 4.39 Å². The van der Waals surface area contributed by atoms with Gasteiger partial charge in [-0.2, -0.15) is 11.3 Å². The summed E-state index contributed by atoms with van der Waals surface area (Å²) in [6.07, 6.45) is 2.81. The van der Waals surface area contributed by atoms with Crippen molar-refractivity contribution in [3.8, 4) is 0 Å². The van der Waals surface area contributed by atoms with Crippen molar-refractivity contribution in [2.24, 2.45) is 0 Å². The molecule has 1 saturated heterocycles. The molecule has 0 aliphatic carbocycles. The van der Waals surface area contributed by atoms with Crippen LogP contribution in [0.1, 0.15) is 35.2 Å².